The van der Waals surface area contributed by atoms with Gasteiger partial charge in [-0.1, -0.05) is 0 Å². The van der Waals surface area contributed by atoms with Gasteiger partial charge >= 0.3 is 0 Å². The molecule has 0 radical (unpaired) electrons. The molecule has 1 aliphatic heterocycles. The van der Waals surface area contributed by atoms with E-state index in [0.717, 1.165) is 0 Å². The summed E-state index contributed by atoms with van der Waals surface area (Å²) in [6, 6.07) is 10.3. The number of rotatable bonds is 5. The predicted molar refractivity (Wildman–Crippen MR) is 127 cm³/mol. The van der Waals surface area contributed by atoms with Crippen molar-refractivity contribution in [2.24, 2.45) is 0 Å². The number of likely N-dealkylation sites (tertiary alicyclic amines) is 1. The van der Waals surface area contributed by atoms with Crippen LogP contribution in [0.25, 0.3) is 28.4 Å². The zero-order chi connectivity index (χ0) is 25.2. The minimum atomic E-state index is -0.704. The average molecular weight is 489 g/mol. The first-order valence-electron chi connectivity index (χ1n) is 11.3. The van der Waals surface area contributed by atoms with Gasteiger partial charge in [-0.3, -0.25) is 9.20 Å². The number of fused-ring (bicyclic) bond motifs is 1. The molecule has 5 rings (SSSR count). The number of phenols is 1. The van der Waals surface area contributed by atoms with E-state index in [0.29, 0.717) is 42.8 Å². The number of nitrogens with one attached hydrogen (secondary N) is 1. The second-order valence-corrected chi connectivity index (χ2v) is 8.48. The van der Waals surface area contributed by atoms with Gasteiger partial charge in [-0.15, -0.1) is 0 Å². The molecule has 3 aromatic heterocycles. The van der Waals surface area contributed by atoms with E-state index < -0.39 is 11.6 Å². The fraction of sp³-hybridized carbons (Fsp3) is 0.240. The maximum atomic E-state index is 15.7. The topological polar surface area (TPSA) is 119 Å². The van der Waals surface area contributed by atoms with E-state index in [9.17, 15) is 14.3 Å². The Morgan fingerprint density at radius 3 is 2.78 bits per heavy atom. The largest absolute Gasteiger partial charge is 0.508 e. The van der Waals surface area contributed by atoms with Crippen molar-refractivity contribution in [3.05, 3.63) is 60.4 Å². The number of halogens is 2. The molecule has 2 N–H and O–H groups in total. The highest BCUT2D eigenvalue weighted by Gasteiger charge is 2.26. The average Bonchev–Trinajstić information content (AvgIpc) is 3.29. The minimum absolute atomic E-state index is 0.0120. The first-order chi connectivity index (χ1) is 17.4. The zero-order valence-electron chi connectivity index (χ0n) is 19.0. The van der Waals surface area contributed by atoms with Gasteiger partial charge in [0.25, 0.3) is 0 Å². The number of hydrogen-bond acceptors (Lipinski definition) is 7. The number of amides is 1. The number of carbonyl (C=O) groups is 1. The molecule has 11 heteroatoms. The lowest BCUT2D eigenvalue weighted by Gasteiger charge is -2.33. The summed E-state index contributed by atoms with van der Waals surface area (Å²) >= 11 is 0. The molecule has 1 saturated heterocycles. The molecule has 1 aliphatic rings. The summed E-state index contributed by atoms with van der Waals surface area (Å²) in [7, 11) is 0. The van der Waals surface area contributed by atoms with Crippen LogP contribution in [-0.2, 0) is 4.79 Å². The van der Waals surface area contributed by atoms with E-state index in [4.69, 9.17) is 5.26 Å². The molecule has 1 atom stereocenters. The number of piperidine rings is 1. The van der Waals surface area contributed by atoms with E-state index in [1.54, 1.807) is 4.90 Å². The molecule has 0 saturated carbocycles. The Morgan fingerprint density at radius 1 is 1.19 bits per heavy atom. The zero-order valence-corrected chi connectivity index (χ0v) is 19.0. The fourth-order valence-corrected chi connectivity index (χ4v) is 4.28. The SMILES string of the molecule is N#CCC(=O)N1CCC[C@@H](Nc2nc(-c3cnc4ccc(F)cn34)nc(-c3ccc(O)cc3)c2F)C1. The molecule has 1 amide bonds. The van der Waals surface area contributed by atoms with Gasteiger partial charge in [-0.05, 0) is 49.2 Å². The fourth-order valence-electron chi connectivity index (χ4n) is 4.28. The van der Waals surface area contributed by atoms with Gasteiger partial charge in [0.2, 0.25) is 5.91 Å². The number of hydrogen-bond donors (Lipinski definition) is 2. The van der Waals surface area contributed by atoms with E-state index in [1.807, 2.05) is 6.07 Å². The molecule has 182 valence electrons. The summed E-state index contributed by atoms with van der Waals surface area (Å²) in [5.74, 6) is -1.39. The van der Waals surface area contributed by atoms with Crippen molar-refractivity contribution in [3.8, 4) is 34.6 Å². The maximum absolute atomic E-state index is 15.7. The van der Waals surface area contributed by atoms with Crippen molar-refractivity contribution >= 4 is 17.4 Å². The third-order valence-corrected chi connectivity index (χ3v) is 6.04. The number of benzene rings is 1. The highest BCUT2D eigenvalue weighted by Crippen LogP contribution is 2.31. The quantitative estimate of drug-likeness (QED) is 0.438. The summed E-state index contributed by atoms with van der Waals surface area (Å²) in [6.07, 6.45) is 3.87. The van der Waals surface area contributed by atoms with Gasteiger partial charge < -0.3 is 15.3 Å². The Balaban J connectivity index is 1.57. The van der Waals surface area contributed by atoms with Gasteiger partial charge in [-0.25, -0.2) is 23.7 Å². The standard InChI is InChI=1S/C25H21F2N7O2/c26-16-5-8-20-29-12-19(34(20)13-16)24-31-23(15-3-6-18(35)7-4-15)22(27)25(32-24)30-17-2-1-11-33(14-17)21(36)9-10-28/h3-8,12-13,17,35H,1-2,9,11,14H2,(H,30,31,32)/t17-/m1/s1. The van der Waals surface area contributed by atoms with Crippen molar-refractivity contribution in [2.75, 3.05) is 18.4 Å². The normalized spacial score (nSPS) is 15.6. The number of nitrogens with zero attached hydrogens (tertiary/aromatic N) is 6. The van der Waals surface area contributed by atoms with Crippen LogP contribution in [0.1, 0.15) is 19.3 Å². The Morgan fingerprint density at radius 2 is 2.00 bits per heavy atom. The molecule has 0 bridgehead atoms. The Kier molecular flexibility index (Phi) is 6.16. The molecular formula is C25H21F2N7O2. The molecule has 4 aromatic rings. The monoisotopic (exact) mass is 489 g/mol. The molecule has 9 nitrogen and oxygen atoms in total. The van der Waals surface area contributed by atoms with Gasteiger partial charge in [0, 0.05) is 30.9 Å². The summed E-state index contributed by atoms with van der Waals surface area (Å²) in [6.45, 7) is 0.830. The van der Waals surface area contributed by atoms with Crippen LogP contribution in [0.2, 0.25) is 0 Å². The molecule has 4 heterocycles. The van der Waals surface area contributed by atoms with Crippen molar-refractivity contribution < 1.29 is 18.7 Å². The second-order valence-electron chi connectivity index (χ2n) is 8.48. The molecule has 0 aliphatic carbocycles. The third kappa shape index (κ3) is 4.53. The number of carbonyl (C=O) groups excluding carboxylic acids is 1. The van der Waals surface area contributed by atoms with Crippen LogP contribution in [0.5, 0.6) is 5.75 Å². The molecule has 36 heavy (non-hydrogen) atoms. The van der Waals surface area contributed by atoms with Crippen molar-refractivity contribution in [3.63, 3.8) is 0 Å². The number of imidazole rings is 1. The minimum Gasteiger partial charge on any atom is -0.508 e. The molecule has 0 spiro atoms. The number of pyridine rings is 1. The summed E-state index contributed by atoms with van der Waals surface area (Å²) in [5, 5.41) is 21.6. The van der Waals surface area contributed by atoms with Gasteiger partial charge in [0.05, 0.1) is 12.3 Å². The number of aromatic hydroxyl groups is 1. The molecular weight excluding hydrogens is 468 g/mol. The first-order valence-corrected chi connectivity index (χ1v) is 11.3. The first kappa shape index (κ1) is 23.2. The van der Waals surface area contributed by atoms with Crippen molar-refractivity contribution in [1.29, 1.82) is 5.26 Å². The number of aromatic nitrogens is 4. The highest BCUT2D eigenvalue weighted by atomic mass is 19.1. The Labute approximate surface area is 204 Å². The van der Waals surface area contributed by atoms with Gasteiger partial charge in [0.1, 0.15) is 35.0 Å². The predicted octanol–water partition coefficient (Wildman–Crippen LogP) is 3.76. The lowest BCUT2D eigenvalue weighted by molar-refractivity contribution is -0.131. The summed E-state index contributed by atoms with van der Waals surface area (Å²) in [5.41, 5.74) is 1.23. The van der Waals surface area contributed by atoms with Gasteiger partial charge in [-0.2, -0.15) is 5.26 Å². The van der Waals surface area contributed by atoms with Crippen LogP contribution in [0.3, 0.4) is 0 Å². The van der Waals surface area contributed by atoms with E-state index in [2.05, 4.69) is 20.3 Å². The molecule has 1 fully saturated rings. The second kappa shape index (κ2) is 9.58. The lowest BCUT2D eigenvalue weighted by Crippen LogP contribution is -2.45. The Hall–Kier alpha value is -4.59. The Bertz CT molecular complexity index is 1480. The summed E-state index contributed by atoms with van der Waals surface area (Å²) in [4.78, 5) is 26.9. The van der Waals surface area contributed by atoms with Crippen LogP contribution in [0, 0.1) is 23.0 Å². The van der Waals surface area contributed by atoms with Crippen LogP contribution >= 0.6 is 0 Å². The third-order valence-electron chi connectivity index (χ3n) is 6.04. The number of nitriles is 1. The molecule has 0 unspecified atom stereocenters. The smallest absolute Gasteiger partial charge is 0.236 e. The van der Waals surface area contributed by atoms with Crippen LogP contribution in [-0.4, -0.2) is 54.4 Å². The number of phenolic OH excluding ortho intramolecular Hbond substituents is 1. The van der Waals surface area contributed by atoms with E-state index in [-0.39, 0.29) is 41.5 Å². The van der Waals surface area contributed by atoms with Gasteiger partial charge in [0.15, 0.2) is 17.5 Å². The number of anilines is 1. The lowest BCUT2D eigenvalue weighted by atomic mass is 10.0. The van der Waals surface area contributed by atoms with Crippen LogP contribution in [0.15, 0.2) is 48.8 Å². The van der Waals surface area contributed by atoms with Crippen LogP contribution < -0.4 is 5.32 Å². The van der Waals surface area contributed by atoms with E-state index >= 15 is 4.39 Å². The van der Waals surface area contributed by atoms with Crippen molar-refractivity contribution in [1.82, 2.24) is 24.3 Å². The maximum Gasteiger partial charge on any atom is 0.236 e. The molecule has 1 aromatic carbocycles. The van der Waals surface area contributed by atoms with E-state index in [1.165, 1.54) is 53.2 Å². The summed E-state index contributed by atoms with van der Waals surface area (Å²) < 4.78 is 31.2. The van der Waals surface area contributed by atoms with Crippen LogP contribution in [0.4, 0.5) is 14.6 Å². The van der Waals surface area contributed by atoms with Crippen molar-refractivity contribution in [2.45, 2.75) is 25.3 Å². The highest BCUT2D eigenvalue weighted by molar-refractivity contribution is 5.78.